The predicted octanol–water partition coefficient (Wildman–Crippen LogP) is 5.14. The molecule has 0 fully saturated rings. The Morgan fingerprint density at radius 3 is 2.66 bits per heavy atom. The summed E-state index contributed by atoms with van der Waals surface area (Å²) in [5.41, 5.74) is 6.52. The second kappa shape index (κ2) is 9.97. The van der Waals surface area contributed by atoms with Gasteiger partial charge < -0.3 is 10.5 Å². The molecule has 38 heavy (non-hydrogen) atoms. The van der Waals surface area contributed by atoms with Crippen molar-refractivity contribution in [1.82, 2.24) is 29.3 Å². The van der Waals surface area contributed by atoms with Gasteiger partial charge in [-0.2, -0.15) is 9.49 Å². The van der Waals surface area contributed by atoms with Crippen LogP contribution in [0.1, 0.15) is 38.6 Å². The van der Waals surface area contributed by atoms with Gasteiger partial charge in [0.25, 0.3) is 5.56 Å². The normalized spacial score (nSPS) is 12.4. The number of ether oxygens (including phenoxy) is 1. The maximum atomic E-state index is 15.1. The first kappa shape index (κ1) is 25.5. The van der Waals surface area contributed by atoms with Crippen LogP contribution in [0.15, 0.2) is 41.5 Å². The Labute approximate surface area is 220 Å². The van der Waals surface area contributed by atoms with E-state index in [0.29, 0.717) is 28.3 Å². The van der Waals surface area contributed by atoms with Crippen LogP contribution in [0.4, 0.5) is 14.6 Å². The van der Waals surface area contributed by atoms with Gasteiger partial charge >= 0.3 is 0 Å². The summed E-state index contributed by atoms with van der Waals surface area (Å²) >= 11 is 6.36. The minimum atomic E-state index is -1.15. The number of anilines is 1. The molecule has 2 aromatic carbocycles. The zero-order valence-electron chi connectivity index (χ0n) is 20.9. The minimum Gasteiger partial charge on any atom is -0.494 e. The van der Waals surface area contributed by atoms with Gasteiger partial charge in [0.15, 0.2) is 17.2 Å². The van der Waals surface area contributed by atoms with Crippen molar-refractivity contribution in [2.45, 2.75) is 39.3 Å². The summed E-state index contributed by atoms with van der Waals surface area (Å²) in [6.07, 6.45) is 2.84. The van der Waals surface area contributed by atoms with Gasteiger partial charge in [-0.05, 0) is 37.6 Å². The molecule has 0 aliphatic rings. The summed E-state index contributed by atoms with van der Waals surface area (Å²) < 4.78 is 37.7. The van der Waals surface area contributed by atoms with E-state index in [0.717, 1.165) is 12.8 Å². The molecule has 2 N–H and O–H groups in total. The molecule has 0 bridgehead atoms. The third-order valence-corrected chi connectivity index (χ3v) is 6.79. The summed E-state index contributed by atoms with van der Waals surface area (Å²) in [5, 5.41) is 5.49. The van der Waals surface area contributed by atoms with Crippen LogP contribution in [-0.2, 0) is 6.54 Å². The average Bonchev–Trinajstić information content (AvgIpc) is 3.30. The lowest BCUT2D eigenvalue weighted by atomic mass is 10.1. The summed E-state index contributed by atoms with van der Waals surface area (Å²) in [5.74, 6) is -2.09. The molecule has 0 aliphatic carbocycles. The monoisotopic (exact) mass is 539 g/mol. The van der Waals surface area contributed by atoms with Crippen LogP contribution >= 0.6 is 11.6 Å². The van der Waals surface area contributed by atoms with Crippen molar-refractivity contribution >= 4 is 39.4 Å². The number of halogens is 3. The van der Waals surface area contributed by atoms with Gasteiger partial charge in [-0.25, -0.2) is 24.0 Å². The second-order valence-electron chi connectivity index (χ2n) is 8.78. The lowest BCUT2D eigenvalue weighted by molar-refractivity contribution is 0.372. The number of methoxy groups -OCH3 is 1. The molecule has 12 heteroatoms. The van der Waals surface area contributed by atoms with Crippen molar-refractivity contribution < 1.29 is 13.5 Å². The molecule has 1 atom stereocenters. The predicted molar refractivity (Wildman–Crippen MR) is 141 cm³/mol. The quantitative estimate of drug-likeness (QED) is 0.305. The van der Waals surface area contributed by atoms with E-state index in [1.807, 2.05) is 6.92 Å². The molecule has 0 saturated heterocycles. The number of hydrogen-bond donors (Lipinski definition) is 1. The summed E-state index contributed by atoms with van der Waals surface area (Å²) in [6.45, 7) is 4.22. The van der Waals surface area contributed by atoms with Crippen LogP contribution in [0.2, 0.25) is 5.02 Å². The SMILES string of the molecule is CCCCn1c(C(C)n2nc(-c3ccc(OC)c(F)c3F)c3c(N)ncnc32)nc2cccc(Cl)c2c1=O. The zero-order valence-corrected chi connectivity index (χ0v) is 21.6. The van der Waals surface area contributed by atoms with Crippen LogP contribution < -0.4 is 16.0 Å². The zero-order chi connectivity index (χ0) is 27.1. The van der Waals surface area contributed by atoms with E-state index < -0.39 is 17.7 Å². The number of hydrogen-bond acceptors (Lipinski definition) is 7. The minimum absolute atomic E-state index is 0.0423. The van der Waals surface area contributed by atoms with E-state index >= 15 is 4.39 Å². The number of nitrogens with two attached hydrogens (primary N) is 1. The Morgan fingerprint density at radius 1 is 1.13 bits per heavy atom. The molecule has 9 nitrogen and oxygen atoms in total. The second-order valence-corrected chi connectivity index (χ2v) is 9.19. The standard InChI is InChI=1S/C26H24ClF2N7O2/c1-4-5-11-35-24(33-16-8-6-7-15(27)18(16)26(35)37)13(2)36-25-19(23(30)31-12-32-25)22(34-36)14-9-10-17(38-3)21(29)20(14)28/h6-10,12-13H,4-5,11H2,1-3H3,(H2,30,31,32). The van der Waals surface area contributed by atoms with Crippen molar-refractivity contribution in [1.29, 1.82) is 0 Å². The van der Waals surface area contributed by atoms with E-state index in [-0.39, 0.29) is 39.4 Å². The first-order valence-electron chi connectivity index (χ1n) is 12.0. The average molecular weight is 540 g/mol. The Morgan fingerprint density at radius 2 is 1.92 bits per heavy atom. The van der Waals surface area contributed by atoms with Crippen molar-refractivity contribution in [3.8, 4) is 17.0 Å². The summed E-state index contributed by atoms with van der Waals surface area (Å²) in [6, 6.07) is 7.09. The molecule has 5 rings (SSSR count). The van der Waals surface area contributed by atoms with Crippen LogP contribution in [0, 0.1) is 11.6 Å². The fourth-order valence-corrected chi connectivity index (χ4v) is 4.78. The van der Waals surface area contributed by atoms with E-state index in [9.17, 15) is 9.18 Å². The van der Waals surface area contributed by atoms with Crippen LogP contribution in [0.25, 0.3) is 33.2 Å². The lowest BCUT2D eigenvalue weighted by Gasteiger charge is -2.19. The highest BCUT2D eigenvalue weighted by molar-refractivity contribution is 6.35. The molecule has 3 heterocycles. The highest BCUT2D eigenvalue weighted by Crippen LogP contribution is 2.36. The van der Waals surface area contributed by atoms with E-state index in [1.54, 1.807) is 29.7 Å². The Bertz CT molecular complexity index is 1750. The van der Waals surface area contributed by atoms with Gasteiger partial charge in [0.2, 0.25) is 5.82 Å². The third kappa shape index (κ3) is 4.03. The van der Waals surface area contributed by atoms with Crippen molar-refractivity contribution in [2.24, 2.45) is 0 Å². The largest absolute Gasteiger partial charge is 0.494 e. The van der Waals surface area contributed by atoms with Crippen LogP contribution in [0.5, 0.6) is 5.75 Å². The maximum absolute atomic E-state index is 15.1. The van der Waals surface area contributed by atoms with Gasteiger partial charge in [-0.1, -0.05) is 31.0 Å². The first-order chi connectivity index (χ1) is 18.3. The van der Waals surface area contributed by atoms with Crippen LogP contribution in [-0.4, -0.2) is 36.4 Å². The molecule has 0 spiro atoms. The van der Waals surface area contributed by atoms with Crippen molar-refractivity contribution in [3.63, 3.8) is 0 Å². The van der Waals surface area contributed by atoms with E-state index in [2.05, 4.69) is 15.1 Å². The lowest BCUT2D eigenvalue weighted by Crippen LogP contribution is -2.29. The summed E-state index contributed by atoms with van der Waals surface area (Å²) in [7, 11) is 1.25. The molecule has 3 aromatic heterocycles. The van der Waals surface area contributed by atoms with E-state index in [4.69, 9.17) is 27.1 Å². The van der Waals surface area contributed by atoms with Gasteiger partial charge in [0.05, 0.1) is 28.4 Å². The maximum Gasteiger partial charge on any atom is 0.262 e. The van der Waals surface area contributed by atoms with Crippen LogP contribution in [0.3, 0.4) is 0 Å². The molecular weight excluding hydrogens is 516 g/mol. The number of nitrogens with zero attached hydrogens (tertiary/aromatic N) is 6. The summed E-state index contributed by atoms with van der Waals surface area (Å²) in [4.78, 5) is 26.7. The van der Waals surface area contributed by atoms with Gasteiger partial charge in [0.1, 0.15) is 29.7 Å². The molecule has 0 radical (unpaired) electrons. The fraction of sp³-hybridized carbons (Fsp3) is 0.269. The first-order valence-corrected chi connectivity index (χ1v) is 12.4. The Balaban J connectivity index is 1.77. The molecule has 0 amide bonds. The Hall–Kier alpha value is -4.12. The fourth-order valence-electron chi connectivity index (χ4n) is 4.53. The number of nitrogen functional groups attached to an aromatic ring is 1. The number of unbranched alkanes of at least 4 members (excludes halogenated alkanes) is 1. The van der Waals surface area contributed by atoms with E-state index in [1.165, 1.54) is 30.3 Å². The highest BCUT2D eigenvalue weighted by atomic mass is 35.5. The van der Waals surface area contributed by atoms with Gasteiger partial charge in [0, 0.05) is 12.1 Å². The molecule has 0 aliphatic heterocycles. The molecule has 0 saturated carbocycles. The molecular formula is C26H24ClF2N7O2. The number of aromatic nitrogens is 6. The topological polar surface area (TPSA) is 114 Å². The van der Waals surface area contributed by atoms with Crippen molar-refractivity contribution in [3.05, 3.63) is 69.5 Å². The van der Waals surface area contributed by atoms with Gasteiger partial charge in [-0.15, -0.1) is 0 Å². The smallest absolute Gasteiger partial charge is 0.262 e. The van der Waals surface area contributed by atoms with Gasteiger partial charge in [-0.3, -0.25) is 9.36 Å². The molecule has 196 valence electrons. The number of benzene rings is 2. The molecule has 1 unspecified atom stereocenters. The third-order valence-electron chi connectivity index (χ3n) is 6.48. The highest BCUT2D eigenvalue weighted by Gasteiger charge is 2.27. The van der Waals surface area contributed by atoms with Crippen molar-refractivity contribution in [2.75, 3.05) is 12.8 Å². The number of fused-ring (bicyclic) bond motifs is 2. The number of rotatable bonds is 7. The Kier molecular flexibility index (Phi) is 6.70. The molecule has 5 aromatic rings.